The molecule has 65 heavy (non-hydrogen) atoms. The van der Waals surface area contributed by atoms with Crippen LogP contribution in [0.2, 0.25) is 0 Å². The van der Waals surface area contributed by atoms with Gasteiger partial charge < -0.3 is 5.32 Å². The molecule has 1 aliphatic rings. The summed E-state index contributed by atoms with van der Waals surface area (Å²) in [6.45, 7) is 14.1. The van der Waals surface area contributed by atoms with Gasteiger partial charge in [-0.2, -0.15) is 28.7 Å². The number of anilines is 2. The molecule has 0 saturated carbocycles. The number of aryl methyl sites for hydroxylation is 4. The Hall–Kier alpha value is -5.78. The summed E-state index contributed by atoms with van der Waals surface area (Å²) in [6.07, 6.45) is 0. The molecule has 0 spiro atoms. The highest BCUT2D eigenvalue weighted by molar-refractivity contribution is 7.99. The van der Waals surface area contributed by atoms with Crippen molar-refractivity contribution in [1.82, 2.24) is 34.7 Å². The Labute approximate surface area is 384 Å². The van der Waals surface area contributed by atoms with E-state index in [2.05, 4.69) is 95.4 Å². The highest BCUT2D eigenvalue weighted by Gasteiger charge is 2.33. The average Bonchev–Trinajstić information content (AvgIpc) is 3.68. The predicted octanol–water partition coefficient (Wildman–Crippen LogP) is 9.05. The van der Waals surface area contributed by atoms with E-state index in [0.29, 0.717) is 39.1 Å². The molecule has 15 heteroatoms. The largest absolute Gasteiger partial charge is 0.346 e. The minimum absolute atomic E-state index is 0.302. The maximum Gasteiger partial charge on any atom is 0.346 e. The standard InChI is InChI=1S/C50H57N9O4S2/c1-35-49(37(3)56(5)52-35)54-64(60,61)46-20-16-42(17-21-46)45-29-40(32-51-31-39-12-8-7-9-13-39)28-41(30-45)33-58-24-26-59(27-25-58)34-44-14-10-11-15-48(44)43-18-22-47(23-19-43)65(62,63)55-50-36(2)53-57(6)38(50)4/h7-23,28-30,51H,24-27,31-34H2,1-6H3,(H2-2,54,55,60,61,62,63)/p+2. The fraction of sp³-hybridized carbons (Fsp3) is 0.280. The Bertz CT molecular complexity index is 2870. The molecule has 13 nitrogen and oxygen atoms in total. The number of nitrogens with one attached hydrogen (secondary N) is 3. The van der Waals surface area contributed by atoms with Crippen molar-refractivity contribution in [3.8, 4) is 22.3 Å². The van der Waals surface area contributed by atoms with Gasteiger partial charge in [-0.05, 0) is 141 Å². The predicted molar refractivity (Wildman–Crippen MR) is 262 cm³/mol. The van der Waals surface area contributed by atoms with Gasteiger partial charge in [-0.15, -0.1) is 0 Å². The van der Waals surface area contributed by atoms with E-state index in [4.69, 9.17) is 0 Å². The van der Waals surface area contributed by atoms with Gasteiger partial charge in [0.2, 0.25) is 9.79 Å². The molecule has 2 unspecified atom stereocenters. The Morgan fingerprint density at radius 1 is 0.538 bits per heavy atom. The number of rotatable bonds is 16. The van der Waals surface area contributed by atoms with Crippen molar-refractivity contribution in [1.29, 1.82) is 0 Å². The number of aromatic nitrogens is 4. The summed E-state index contributed by atoms with van der Waals surface area (Å²) in [7, 11) is -3.49. The molecule has 0 radical (unpaired) electrons. The SMILES string of the molecule is Cc1nn(C)c(C)c1N[S+](=O)(O)c1ccc(-c2cc(CNCc3ccccc3)cc(CN3CCN(Cc4ccccc4-c4ccc([S+](=O)(O)Nc5c(C)nn(C)c5C)cc4)CC3)c2)cc1. The quantitative estimate of drug-likeness (QED) is 0.0598. The van der Waals surface area contributed by atoms with Crippen LogP contribution >= 0.6 is 0 Å². The highest BCUT2D eigenvalue weighted by Crippen LogP contribution is 2.32. The van der Waals surface area contributed by atoms with Gasteiger partial charge in [0.05, 0.1) is 22.8 Å². The molecule has 1 saturated heterocycles. The van der Waals surface area contributed by atoms with E-state index in [-0.39, 0.29) is 0 Å². The van der Waals surface area contributed by atoms with Crippen LogP contribution in [0.1, 0.15) is 45.0 Å². The van der Waals surface area contributed by atoms with Crippen molar-refractivity contribution in [2.24, 2.45) is 14.1 Å². The topological polar surface area (TPSA) is 153 Å². The van der Waals surface area contributed by atoms with Crippen molar-refractivity contribution in [2.75, 3.05) is 35.6 Å². The summed E-state index contributed by atoms with van der Waals surface area (Å²) in [6, 6.07) is 40.1. The molecule has 8 rings (SSSR count). The van der Waals surface area contributed by atoms with E-state index in [1.54, 1.807) is 33.6 Å². The van der Waals surface area contributed by atoms with Gasteiger partial charge in [-0.3, -0.25) is 19.2 Å². The number of benzene rings is 5. The van der Waals surface area contributed by atoms with Crippen LogP contribution < -0.4 is 14.8 Å². The third-order valence-corrected chi connectivity index (χ3v) is 15.1. The van der Waals surface area contributed by atoms with Crippen LogP contribution in [0.25, 0.3) is 22.3 Å². The van der Waals surface area contributed by atoms with Gasteiger partial charge >= 0.3 is 20.8 Å². The second kappa shape index (κ2) is 19.4. The van der Waals surface area contributed by atoms with Gasteiger partial charge in [-0.1, -0.05) is 60.7 Å². The lowest BCUT2D eigenvalue weighted by Gasteiger charge is -2.35. The lowest BCUT2D eigenvalue weighted by atomic mass is 9.98. The maximum atomic E-state index is 13.6. The molecule has 7 aromatic rings. The number of nitrogens with zero attached hydrogens (tertiary/aromatic N) is 6. The number of hydrogen-bond donors (Lipinski definition) is 5. The zero-order valence-corrected chi connectivity index (χ0v) is 39.5. The minimum atomic E-state index is -3.57. The molecule has 0 aliphatic carbocycles. The van der Waals surface area contributed by atoms with E-state index in [9.17, 15) is 17.5 Å². The third kappa shape index (κ3) is 10.7. The molecule has 2 atom stereocenters. The van der Waals surface area contributed by atoms with Gasteiger partial charge in [0.1, 0.15) is 11.4 Å². The Balaban J connectivity index is 0.935. The van der Waals surface area contributed by atoms with Crippen molar-refractivity contribution >= 4 is 32.2 Å². The van der Waals surface area contributed by atoms with Gasteiger partial charge in [-0.25, -0.2) is 0 Å². The molecule has 1 aliphatic heterocycles. The van der Waals surface area contributed by atoms with Crippen molar-refractivity contribution in [3.05, 3.63) is 166 Å². The van der Waals surface area contributed by atoms with Crippen molar-refractivity contribution < 1.29 is 17.5 Å². The molecule has 5 N–H and O–H groups in total. The lowest BCUT2D eigenvalue weighted by Crippen LogP contribution is -2.45. The maximum absolute atomic E-state index is 13.6. The monoisotopic (exact) mass is 913 g/mol. The molecular weight excluding hydrogens is 855 g/mol. The van der Waals surface area contributed by atoms with Crippen LogP contribution in [0, 0.1) is 27.7 Å². The van der Waals surface area contributed by atoms with Gasteiger partial charge in [0.25, 0.3) is 0 Å². The molecule has 338 valence electrons. The van der Waals surface area contributed by atoms with Crippen LogP contribution in [-0.2, 0) is 69.5 Å². The molecule has 3 heterocycles. The molecular formula is C50H59N9O4S2+2. The second-order valence-corrected chi connectivity index (χ2v) is 20.4. The smallest absolute Gasteiger partial charge is 0.309 e. The first kappa shape index (κ1) is 45.8. The lowest BCUT2D eigenvalue weighted by molar-refractivity contribution is 0.122. The zero-order valence-electron chi connectivity index (χ0n) is 37.9. The van der Waals surface area contributed by atoms with Crippen LogP contribution in [0.4, 0.5) is 11.4 Å². The van der Waals surface area contributed by atoms with Crippen molar-refractivity contribution in [2.45, 2.75) is 63.7 Å². The average molecular weight is 914 g/mol. The summed E-state index contributed by atoms with van der Waals surface area (Å²) in [5.74, 6) is 0. The molecule has 0 bridgehead atoms. The molecule has 5 aromatic carbocycles. The van der Waals surface area contributed by atoms with E-state index < -0.39 is 20.8 Å². The summed E-state index contributed by atoms with van der Waals surface area (Å²) < 4.78 is 58.3. The Morgan fingerprint density at radius 3 is 1.55 bits per heavy atom. The Kier molecular flexibility index (Phi) is 13.6. The van der Waals surface area contributed by atoms with Crippen LogP contribution in [0.3, 0.4) is 0 Å². The third-order valence-electron chi connectivity index (χ3n) is 12.3. The minimum Gasteiger partial charge on any atom is -0.309 e. The van der Waals surface area contributed by atoms with Crippen molar-refractivity contribution in [3.63, 3.8) is 0 Å². The number of piperazine rings is 1. The van der Waals surface area contributed by atoms with Gasteiger partial charge in [0.15, 0.2) is 0 Å². The van der Waals surface area contributed by atoms with E-state index >= 15 is 0 Å². The first-order valence-corrected chi connectivity index (χ1v) is 24.9. The van der Waals surface area contributed by atoms with E-state index in [0.717, 1.165) is 79.5 Å². The fourth-order valence-corrected chi connectivity index (χ4v) is 10.9. The van der Waals surface area contributed by atoms with Gasteiger partial charge in [0, 0.05) is 66.5 Å². The first-order chi connectivity index (χ1) is 31.1. The number of hydrogen-bond acceptors (Lipinski definition) is 7. The van der Waals surface area contributed by atoms with Crippen LogP contribution in [-0.4, -0.2) is 64.6 Å². The first-order valence-electron chi connectivity index (χ1n) is 21.8. The van der Waals surface area contributed by atoms with E-state index in [1.165, 1.54) is 22.3 Å². The summed E-state index contributed by atoms with van der Waals surface area (Å²) in [4.78, 5) is 5.62. The zero-order chi connectivity index (χ0) is 45.9. The molecule has 0 amide bonds. The summed E-state index contributed by atoms with van der Waals surface area (Å²) in [5, 5.41) is 12.4. The second-order valence-electron chi connectivity index (χ2n) is 17.0. The van der Waals surface area contributed by atoms with Crippen LogP contribution in [0.5, 0.6) is 0 Å². The normalized spacial score (nSPS) is 15.4. The van der Waals surface area contributed by atoms with E-state index in [1.807, 2.05) is 78.2 Å². The fourth-order valence-electron chi connectivity index (χ4n) is 8.50. The molecule has 1 fully saturated rings. The summed E-state index contributed by atoms with van der Waals surface area (Å²) in [5.41, 5.74) is 13.0. The Morgan fingerprint density at radius 2 is 1.02 bits per heavy atom. The molecule has 2 aromatic heterocycles. The highest BCUT2D eigenvalue weighted by atomic mass is 32.3. The van der Waals surface area contributed by atoms with Crippen LogP contribution in [0.15, 0.2) is 131 Å². The summed E-state index contributed by atoms with van der Waals surface area (Å²) >= 11 is 0.